The Balaban J connectivity index is 1.26. The second kappa shape index (κ2) is 8.00. The topological polar surface area (TPSA) is 26.7 Å². The third kappa shape index (κ3) is 3.85. The first-order chi connectivity index (χ1) is 12.7. The van der Waals surface area contributed by atoms with Gasteiger partial charge in [0.15, 0.2) is 0 Å². The Morgan fingerprint density at radius 2 is 1.85 bits per heavy atom. The zero-order valence-electron chi connectivity index (χ0n) is 16.4. The predicted molar refractivity (Wildman–Crippen MR) is 107 cm³/mol. The van der Waals surface area contributed by atoms with Crippen LogP contribution in [0.1, 0.15) is 51.0 Å². The fraction of sp³-hybridized carbons (Fsp3) is 0.739. The Hall–Kier alpha value is -0.900. The summed E-state index contributed by atoms with van der Waals surface area (Å²) in [6, 6.07) is 11.6. The largest absolute Gasteiger partial charge is 0.390 e. The van der Waals surface area contributed by atoms with E-state index < -0.39 is 0 Å². The SMILES string of the molecule is CC[C@@]1(O)CCC[C@@H]2CN(C3CCN(CCc4ccccc4)CC3)C[C@@H]21. The van der Waals surface area contributed by atoms with Gasteiger partial charge in [-0.3, -0.25) is 4.90 Å². The van der Waals surface area contributed by atoms with Crippen molar-refractivity contribution < 1.29 is 5.11 Å². The van der Waals surface area contributed by atoms with Crippen molar-refractivity contribution in [1.29, 1.82) is 0 Å². The van der Waals surface area contributed by atoms with Crippen LogP contribution < -0.4 is 0 Å². The minimum atomic E-state index is -0.381. The highest BCUT2D eigenvalue weighted by molar-refractivity contribution is 5.14. The molecule has 4 rings (SSSR count). The van der Waals surface area contributed by atoms with Crippen molar-refractivity contribution in [3.8, 4) is 0 Å². The van der Waals surface area contributed by atoms with Gasteiger partial charge in [0.1, 0.15) is 0 Å². The molecule has 2 saturated heterocycles. The monoisotopic (exact) mass is 356 g/mol. The predicted octanol–water partition coefficient (Wildman–Crippen LogP) is 3.57. The van der Waals surface area contributed by atoms with E-state index in [4.69, 9.17) is 0 Å². The molecule has 0 amide bonds. The highest BCUT2D eigenvalue weighted by Gasteiger charge is 2.48. The molecule has 2 aliphatic heterocycles. The summed E-state index contributed by atoms with van der Waals surface area (Å²) in [7, 11) is 0. The Bertz CT molecular complexity index is 569. The minimum absolute atomic E-state index is 0.381. The number of hydrogen-bond donors (Lipinski definition) is 1. The van der Waals surface area contributed by atoms with Crippen LogP contribution in [0.15, 0.2) is 30.3 Å². The fourth-order valence-corrected chi connectivity index (χ4v) is 5.84. The molecule has 0 spiro atoms. The molecule has 144 valence electrons. The molecule has 3 atom stereocenters. The lowest BCUT2D eigenvalue weighted by molar-refractivity contribution is -0.0619. The van der Waals surface area contributed by atoms with Crippen LogP contribution in [-0.2, 0) is 6.42 Å². The number of piperidine rings is 1. The lowest BCUT2D eigenvalue weighted by atomic mass is 9.69. The van der Waals surface area contributed by atoms with Gasteiger partial charge in [-0.05, 0) is 63.1 Å². The fourth-order valence-electron chi connectivity index (χ4n) is 5.84. The summed E-state index contributed by atoms with van der Waals surface area (Å²) in [5, 5.41) is 11.1. The number of aliphatic hydroxyl groups is 1. The number of rotatable bonds is 5. The first-order valence-corrected chi connectivity index (χ1v) is 10.9. The van der Waals surface area contributed by atoms with E-state index in [1.807, 2.05) is 0 Å². The molecule has 1 saturated carbocycles. The summed E-state index contributed by atoms with van der Waals surface area (Å²) in [5.74, 6) is 1.27. The molecule has 0 bridgehead atoms. The van der Waals surface area contributed by atoms with Gasteiger partial charge in [0.05, 0.1) is 5.60 Å². The number of nitrogens with zero attached hydrogens (tertiary/aromatic N) is 2. The average Bonchev–Trinajstić information content (AvgIpc) is 3.14. The maximum atomic E-state index is 11.1. The van der Waals surface area contributed by atoms with Crippen molar-refractivity contribution in [3.05, 3.63) is 35.9 Å². The molecule has 1 aromatic rings. The zero-order valence-corrected chi connectivity index (χ0v) is 16.4. The molecule has 26 heavy (non-hydrogen) atoms. The van der Waals surface area contributed by atoms with E-state index in [-0.39, 0.29) is 5.60 Å². The maximum Gasteiger partial charge on any atom is 0.0688 e. The van der Waals surface area contributed by atoms with Gasteiger partial charge in [-0.15, -0.1) is 0 Å². The summed E-state index contributed by atoms with van der Waals surface area (Å²) in [6.07, 6.45) is 8.29. The van der Waals surface area contributed by atoms with Crippen molar-refractivity contribution in [2.75, 3.05) is 32.7 Å². The number of hydrogen-bond acceptors (Lipinski definition) is 3. The normalized spacial score (nSPS) is 34.1. The van der Waals surface area contributed by atoms with Gasteiger partial charge in [0, 0.05) is 31.6 Å². The number of fused-ring (bicyclic) bond motifs is 1. The van der Waals surface area contributed by atoms with Crippen molar-refractivity contribution in [3.63, 3.8) is 0 Å². The van der Waals surface area contributed by atoms with Crippen LogP contribution in [-0.4, -0.2) is 59.3 Å². The average molecular weight is 357 g/mol. The van der Waals surface area contributed by atoms with Crippen LogP contribution in [0.25, 0.3) is 0 Å². The molecular weight excluding hydrogens is 320 g/mol. The van der Waals surface area contributed by atoms with Gasteiger partial charge in [-0.25, -0.2) is 0 Å². The quantitative estimate of drug-likeness (QED) is 0.874. The third-order valence-corrected chi connectivity index (χ3v) is 7.59. The first-order valence-electron chi connectivity index (χ1n) is 10.9. The van der Waals surface area contributed by atoms with Crippen LogP contribution in [0.4, 0.5) is 0 Å². The van der Waals surface area contributed by atoms with Gasteiger partial charge in [-0.1, -0.05) is 43.7 Å². The van der Waals surface area contributed by atoms with E-state index in [0.29, 0.717) is 5.92 Å². The van der Waals surface area contributed by atoms with Gasteiger partial charge in [0.2, 0.25) is 0 Å². The van der Waals surface area contributed by atoms with E-state index in [0.717, 1.165) is 31.3 Å². The van der Waals surface area contributed by atoms with Crippen molar-refractivity contribution in [2.45, 2.75) is 63.5 Å². The van der Waals surface area contributed by atoms with Gasteiger partial charge >= 0.3 is 0 Å². The van der Waals surface area contributed by atoms with Crippen molar-refractivity contribution >= 4 is 0 Å². The molecule has 1 aromatic carbocycles. The molecule has 3 heteroatoms. The van der Waals surface area contributed by atoms with Crippen molar-refractivity contribution in [2.24, 2.45) is 11.8 Å². The summed E-state index contributed by atoms with van der Waals surface area (Å²) in [6.45, 7) is 8.22. The molecule has 3 aliphatic rings. The highest BCUT2D eigenvalue weighted by atomic mass is 16.3. The van der Waals surface area contributed by atoms with E-state index in [1.165, 1.54) is 63.8 Å². The zero-order chi connectivity index (χ0) is 18.0. The van der Waals surface area contributed by atoms with E-state index in [9.17, 15) is 5.11 Å². The van der Waals surface area contributed by atoms with Crippen LogP contribution >= 0.6 is 0 Å². The number of benzene rings is 1. The van der Waals surface area contributed by atoms with Crippen LogP contribution in [0.5, 0.6) is 0 Å². The Morgan fingerprint density at radius 3 is 2.58 bits per heavy atom. The second-order valence-corrected chi connectivity index (χ2v) is 8.98. The first kappa shape index (κ1) is 18.5. The lowest BCUT2D eigenvalue weighted by Gasteiger charge is -2.41. The molecule has 0 aromatic heterocycles. The Labute approximate surface area is 159 Å². The molecule has 3 fully saturated rings. The van der Waals surface area contributed by atoms with Gasteiger partial charge < -0.3 is 10.0 Å². The standard InChI is InChI=1S/C23H36N2O/c1-2-23(26)13-6-9-20-17-25(18-22(20)23)21-11-15-24(16-12-21)14-10-19-7-4-3-5-8-19/h3-5,7-8,20-22,26H,2,6,9-18H2,1H3/t20-,22+,23-/m1/s1. The maximum absolute atomic E-state index is 11.1. The van der Waals surface area contributed by atoms with E-state index >= 15 is 0 Å². The van der Waals surface area contributed by atoms with Gasteiger partial charge in [0.25, 0.3) is 0 Å². The van der Waals surface area contributed by atoms with E-state index in [2.05, 4.69) is 47.1 Å². The Kier molecular flexibility index (Phi) is 5.68. The summed E-state index contributed by atoms with van der Waals surface area (Å²) >= 11 is 0. The molecule has 1 aliphatic carbocycles. The summed E-state index contributed by atoms with van der Waals surface area (Å²) in [5.41, 5.74) is 1.07. The van der Waals surface area contributed by atoms with E-state index in [1.54, 1.807) is 0 Å². The molecular formula is C23H36N2O. The summed E-state index contributed by atoms with van der Waals surface area (Å²) in [4.78, 5) is 5.39. The molecule has 0 radical (unpaired) electrons. The molecule has 1 N–H and O–H groups in total. The minimum Gasteiger partial charge on any atom is -0.390 e. The second-order valence-electron chi connectivity index (χ2n) is 8.98. The molecule has 2 heterocycles. The Morgan fingerprint density at radius 1 is 1.08 bits per heavy atom. The van der Waals surface area contributed by atoms with Crippen LogP contribution in [0.3, 0.4) is 0 Å². The third-order valence-electron chi connectivity index (χ3n) is 7.59. The van der Waals surface area contributed by atoms with Crippen molar-refractivity contribution in [1.82, 2.24) is 9.80 Å². The molecule has 3 nitrogen and oxygen atoms in total. The lowest BCUT2D eigenvalue weighted by Crippen LogP contribution is -2.46. The van der Waals surface area contributed by atoms with Crippen LogP contribution in [0.2, 0.25) is 0 Å². The summed E-state index contributed by atoms with van der Waals surface area (Å²) < 4.78 is 0. The highest BCUT2D eigenvalue weighted by Crippen LogP contribution is 2.45. The van der Waals surface area contributed by atoms with Crippen LogP contribution in [0, 0.1) is 11.8 Å². The number of likely N-dealkylation sites (tertiary alicyclic amines) is 2. The smallest absolute Gasteiger partial charge is 0.0688 e. The van der Waals surface area contributed by atoms with Gasteiger partial charge in [-0.2, -0.15) is 0 Å². The molecule has 0 unspecified atom stereocenters.